The van der Waals surface area contributed by atoms with Gasteiger partial charge in [0.15, 0.2) is 0 Å². The van der Waals surface area contributed by atoms with Crippen LogP contribution in [0.1, 0.15) is 21.5 Å². The normalized spacial score (nSPS) is 11.0. The van der Waals surface area contributed by atoms with Crippen molar-refractivity contribution in [2.75, 3.05) is 13.7 Å². The van der Waals surface area contributed by atoms with Gasteiger partial charge in [-0.1, -0.05) is 36.9 Å². The second-order valence-corrected chi connectivity index (χ2v) is 7.51. The van der Waals surface area contributed by atoms with E-state index in [0.29, 0.717) is 30.0 Å². The van der Waals surface area contributed by atoms with E-state index < -0.39 is 10.0 Å². The lowest BCUT2D eigenvalue weighted by Crippen LogP contribution is -2.23. The van der Waals surface area contributed by atoms with Gasteiger partial charge in [-0.3, -0.25) is 4.79 Å². The Morgan fingerprint density at radius 3 is 2.27 bits per heavy atom. The van der Waals surface area contributed by atoms with Crippen molar-refractivity contribution in [2.45, 2.75) is 12.3 Å². The van der Waals surface area contributed by atoms with Gasteiger partial charge in [-0.15, -0.1) is 0 Å². The third kappa shape index (κ3) is 6.02. The van der Waals surface area contributed by atoms with Gasteiger partial charge in [-0.05, 0) is 42.4 Å². The van der Waals surface area contributed by atoms with Gasteiger partial charge in [0.2, 0.25) is 10.0 Å². The zero-order valence-corrected chi connectivity index (χ0v) is 15.4. The van der Waals surface area contributed by atoms with Crippen molar-refractivity contribution in [3.05, 3.63) is 77.9 Å². The first-order valence-electron chi connectivity index (χ1n) is 8.04. The van der Waals surface area contributed by atoms with E-state index in [0.717, 1.165) is 5.56 Å². The van der Waals surface area contributed by atoms with E-state index in [1.807, 2.05) is 0 Å². The highest BCUT2D eigenvalue weighted by molar-refractivity contribution is 7.88. The van der Waals surface area contributed by atoms with Gasteiger partial charge in [0.05, 0.1) is 5.75 Å². The predicted octanol–water partition coefficient (Wildman–Crippen LogP) is 2.23. The summed E-state index contributed by atoms with van der Waals surface area (Å²) in [5.41, 5.74) is 2.10. The SMILES string of the molecule is C=CCOc1ccc(C(=O)NCc2ccc(CS(=O)(=O)NC)cc2)cc1. The van der Waals surface area contributed by atoms with Crippen molar-refractivity contribution in [3.63, 3.8) is 0 Å². The molecule has 2 aromatic carbocycles. The zero-order chi connectivity index (χ0) is 19.0. The van der Waals surface area contributed by atoms with Gasteiger partial charge < -0.3 is 10.1 Å². The third-order valence-corrected chi connectivity index (χ3v) is 4.96. The minimum absolute atomic E-state index is 0.0730. The molecule has 0 aliphatic rings. The number of carbonyl (C=O) groups excluding carboxylic acids is 1. The second kappa shape index (κ2) is 9.17. The molecule has 2 aromatic rings. The molecular formula is C19H22N2O4S. The summed E-state index contributed by atoms with van der Waals surface area (Å²) in [5.74, 6) is 0.409. The lowest BCUT2D eigenvalue weighted by atomic mass is 10.1. The standard InChI is InChI=1S/C19H22N2O4S/c1-3-12-25-18-10-8-17(9-11-18)19(22)21-13-15-4-6-16(7-5-15)14-26(23,24)20-2/h3-11,20H,1,12-14H2,2H3,(H,21,22). The van der Waals surface area contributed by atoms with Crippen LogP contribution in [-0.2, 0) is 22.3 Å². The van der Waals surface area contributed by atoms with Crippen LogP contribution >= 0.6 is 0 Å². The van der Waals surface area contributed by atoms with Crippen molar-refractivity contribution in [2.24, 2.45) is 0 Å². The maximum Gasteiger partial charge on any atom is 0.251 e. The minimum atomic E-state index is -3.29. The fourth-order valence-corrected chi connectivity index (χ4v) is 2.96. The summed E-state index contributed by atoms with van der Waals surface area (Å²) in [5, 5.41) is 2.83. The van der Waals surface area contributed by atoms with Crippen LogP contribution in [0.15, 0.2) is 61.2 Å². The maximum absolute atomic E-state index is 12.2. The Labute approximate surface area is 153 Å². The summed E-state index contributed by atoms with van der Waals surface area (Å²) in [4.78, 5) is 12.2. The van der Waals surface area contributed by atoms with E-state index in [9.17, 15) is 13.2 Å². The molecular weight excluding hydrogens is 352 g/mol. The molecule has 0 fully saturated rings. The monoisotopic (exact) mass is 374 g/mol. The summed E-state index contributed by atoms with van der Waals surface area (Å²) in [6.07, 6.45) is 1.65. The molecule has 2 N–H and O–H groups in total. The van der Waals surface area contributed by atoms with Crippen LogP contribution in [0.3, 0.4) is 0 Å². The van der Waals surface area contributed by atoms with Crippen LogP contribution < -0.4 is 14.8 Å². The summed E-state index contributed by atoms with van der Waals surface area (Å²) < 4.78 is 30.7. The highest BCUT2D eigenvalue weighted by atomic mass is 32.2. The topological polar surface area (TPSA) is 84.5 Å². The molecule has 0 saturated heterocycles. The van der Waals surface area contributed by atoms with Crippen LogP contribution in [0.2, 0.25) is 0 Å². The molecule has 6 nitrogen and oxygen atoms in total. The number of carbonyl (C=O) groups is 1. The molecule has 0 bridgehead atoms. The fraction of sp³-hybridized carbons (Fsp3) is 0.211. The number of benzene rings is 2. The Balaban J connectivity index is 1.89. The Morgan fingerprint density at radius 1 is 1.08 bits per heavy atom. The minimum Gasteiger partial charge on any atom is -0.490 e. The van der Waals surface area contributed by atoms with Crippen molar-refractivity contribution in [1.82, 2.24) is 10.0 Å². The molecule has 2 rings (SSSR count). The van der Waals surface area contributed by atoms with Crippen molar-refractivity contribution in [1.29, 1.82) is 0 Å². The summed E-state index contributed by atoms with van der Waals surface area (Å²) in [7, 11) is -1.91. The largest absolute Gasteiger partial charge is 0.490 e. The van der Waals surface area contributed by atoms with Gasteiger partial charge in [0.1, 0.15) is 12.4 Å². The van der Waals surface area contributed by atoms with Gasteiger partial charge in [0.25, 0.3) is 5.91 Å². The molecule has 138 valence electrons. The number of ether oxygens (including phenoxy) is 1. The van der Waals surface area contributed by atoms with Crippen LogP contribution in [0.25, 0.3) is 0 Å². The quantitative estimate of drug-likeness (QED) is 0.659. The van der Waals surface area contributed by atoms with Crippen LogP contribution in [0.4, 0.5) is 0 Å². The first kappa shape index (κ1) is 19.7. The first-order valence-corrected chi connectivity index (χ1v) is 9.70. The predicted molar refractivity (Wildman–Crippen MR) is 101 cm³/mol. The molecule has 0 spiro atoms. The van der Waals surface area contributed by atoms with E-state index in [4.69, 9.17) is 4.74 Å². The molecule has 0 aromatic heterocycles. The molecule has 0 aliphatic carbocycles. The molecule has 0 radical (unpaired) electrons. The molecule has 0 saturated carbocycles. The Morgan fingerprint density at radius 2 is 1.69 bits per heavy atom. The number of sulfonamides is 1. The van der Waals surface area contributed by atoms with E-state index in [-0.39, 0.29) is 11.7 Å². The molecule has 0 aliphatic heterocycles. The molecule has 0 atom stereocenters. The number of hydrogen-bond acceptors (Lipinski definition) is 4. The van der Waals surface area contributed by atoms with Crippen LogP contribution in [0.5, 0.6) is 5.75 Å². The van der Waals surface area contributed by atoms with Gasteiger partial charge in [-0.2, -0.15) is 0 Å². The Kier molecular flexibility index (Phi) is 6.94. The molecule has 7 heteroatoms. The third-order valence-electron chi connectivity index (χ3n) is 3.63. The first-order chi connectivity index (χ1) is 12.4. The van der Waals surface area contributed by atoms with Crippen LogP contribution in [0, 0.1) is 0 Å². The van der Waals surface area contributed by atoms with E-state index in [1.54, 1.807) is 54.6 Å². The maximum atomic E-state index is 12.2. The van der Waals surface area contributed by atoms with Crippen molar-refractivity contribution >= 4 is 15.9 Å². The van der Waals surface area contributed by atoms with Crippen molar-refractivity contribution < 1.29 is 17.9 Å². The average Bonchev–Trinajstić information content (AvgIpc) is 2.65. The number of hydrogen-bond donors (Lipinski definition) is 2. The highest BCUT2D eigenvalue weighted by Crippen LogP contribution is 2.13. The Bertz CT molecular complexity index is 844. The van der Waals surface area contributed by atoms with Gasteiger partial charge >= 0.3 is 0 Å². The lowest BCUT2D eigenvalue weighted by Gasteiger charge is -2.08. The Hall–Kier alpha value is -2.64. The van der Waals surface area contributed by atoms with Gasteiger partial charge in [0, 0.05) is 12.1 Å². The number of nitrogens with one attached hydrogen (secondary N) is 2. The molecule has 0 heterocycles. The summed E-state index contributed by atoms with van der Waals surface area (Å²) in [6, 6.07) is 13.9. The van der Waals surface area contributed by atoms with E-state index in [2.05, 4.69) is 16.6 Å². The smallest absolute Gasteiger partial charge is 0.251 e. The van der Waals surface area contributed by atoms with E-state index >= 15 is 0 Å². The van der Waals surface area contributed by atoms with Crippen LogP contribution in [-0.4, -0.2) is 28.0 Å². The number of amides is 1. The summed E-state index contributed by atoms with van der Waals surface area (Å²) in [6.45, 7) is 4.35. The lowest BCUT2D eigenvalue weighted by molar-refractivity contribution is 0.0951. The van der Waals surface area contributed by atoms with E-state index in [1.165, 1.54) is 7.05 Å². The van der Waals surface area contributed by atoms with Gasteiger partial charge in [-0.25, -0.2) is 13.1 Å². The molecule has 1 amide bonds. The average molecular weight is 374 g/mol. The highest BCUT2D eigenvalue weighted by Gasteiger charge is 2.09. The number of rotatable bonds is 9. The fourth-order valence-electron chi connectivity index (χ4n) is 2.19. The summed E-state index contributed by atoms with van der Waals surface area (Å²) >= 11 is 0. The molecule has 26 heavy (non-hydrogen) atoms. The molecule has 0 unspecified atom stereocenters. The zero-order valence-electron chi connectivity index (χ0n) is 14.6. The van der Waals surface area contributed by atoms with Crippen molar-refractivity contribution in [3.8, 4) is 5.75 Å². The second-order valence-electron chi connectivity index (χ2n) is 5.59.